The number of carbonyl (C=O) groups excluding carboxylic acids is 1. The second kappa shape index (κ2) is 8.15. The molecule has 1 amide bonds. The van der Waals surface area contributed by atoms with Gasteiger partial charge in [0, 0.05) is 17.2 Å². The molecule has 0 bridgehead atoms. The van der Waals surface area contributed by atoms with Gasteiger partial charge in [-0.15, -0.1) is 0 Å². The first-order valence-electron chi connectivity index (χ1n) is 8.23. The lowest BCUT2D eigenvalue weighted by atomic mass is 10.1. The molecule has 0 aliphatic heterocycles. The maximum absolute atomic E-state index is 12.8. The maximum Gasteiger partial charge on any atom is 0.271 e. The Morgan fingerprint density at radius 3 is 2.36 bits per heavy atom. The Labute approximate surface area is 168 Å². The summed E-state index contributed by atoms with van der Waals surface area (Å²) in [7, 11) is -3.82. The number of benzene rings is 2. The van der Waals surface area contributed by atoms with E-state index in [-0.39, 0.29) is 17.1 Å². The van der Waals surface area contributed by atoms with Crippen LogP contribution in [0.4, 0.5) is 17.1 Å². The SMILES string of the molecule is Cc1ccc([N+](=O)[O-])cc1NC(=O)C(C)N(c1cc(Cl)ccc1C)S(C)(=O)=O. The van der Waals surface area contributed by atoms with E-state index < -0.39 is 26.9 Å². The van der Waals surface area contributed by atoms with Crippen LogP contribution in [0.3, 0.4) is 0 Å². The van der Waals surface area contributed by atoms with Gasteiger partial charge in [-0.1, -0.05) is 23.7 Å². The van der Waals surface area contributed by atoms with Crippen molar-refractivity contribution in [2.75, 3.05) is 15.9 Å². The molecule has 0 aromatic heterocycles. The molecule has 1 N–H and O–H groups in total. The third kappa shape index (κ3) is 4.79. The van der Waals surface area contributed by atoms with E-state index in [1.165, 1.54) is 31.2 Å². The van der Waals surface area contributed by atoms with E-state index in [0.717, 1.165) is 10.6 Å². The zero-order valence-electron chi connectivity index (χ0n) is 15.8. The highest BCUT2D eigenvalue weighted by atomic mass is 35.5. The molecule has 1 atom stereocenters. The van der Waals surface area contributed by atoms with Crippen molar-refractivity contribution >= 4 is 44.6 Å². The highest BCUT2D eigenvalue weighted by Gasteiger charge is 2.30. The molecule has 1 unspecified atom stereocenters. The summed E-state index contributed by atoms with van der Waals surface area (Å²) in [5.41, 5.74) is 1.58. The van der Waals surface area contributed by atoms with Crippen LogP contribution in [0.15, 0.2) is 36.4 Å². The highest BCUT2D eigenvalue weighted by molar-refractivity contribution is 7.92. The molecule has 0 fully saturated rings. The number of non-ortho nitro benzene ring substituents is 1. The third-order valence-electron chi connectivity index (χ3n) is 4.19. The van der Waals surface area contributed by atoms with Gasteiger partial charge in [-0.25, -0.2) is 8.42 Å². The smallest absolute Gasteiger partial charge is 0.271 e. The minimum Gasteiger partial charge on any atom is -0.324 e. The number of sulfonamides is 1. The molecule has 0 aliphatic carbocycles. The minimum absolute atomic E-state index is 0.181. The summed E-state index contributed by atoms with van der Waals surface area (Å²) in [5.74, 6) is -0.631. The van der Waals surface area contributed by atoms with Crippen LogP contribution < -0.4 is 9.62 Å². The molecule has 0 heterocycles. The minimum atomic E-state index is -3.82. The monoisotopic (exact) mass is 425 g/mol. The molecule has 28 heavy (non-hydrogen) atoms. The number of carbonyl (C=O) groups is 1. The fourth-order valence-electron chi connectivity index (χ4n) is 2.70. The quantitative estimate of drug-likeness (QED) is 0.561. The highest BCUT2D eigenvalue weighted by Crippen LogP contribution is 2.29. The van der Waals surface area contributed by atoms with Crippen molar-refractivity contribution in [1.29, 1.82) is 0 Å². The van der Waals surface area contributed by atoms with Gasteiger partial charge in [0.25, 0.3) is 5.69 Å². The van der Waals surface area contributed by atoms with E-state index in [2.05, 4.69) is 5.32 Å². The van der Waals surface area contributed by atoms with Gasteiger partial charge < -0.3 is 5.32 Å². The zero-order chi connectivity index (χ0) is 21.2. The zero-order valence-corrected chi connectivity index (χ0v) is 17.3. The first kappa shape index (κ1) is 21.6. The van der Waals surface area contributed by atoms with Crippen LogP contribution in [-0.4, -0.2) is 31.5 Å². The molecule has 0 radical (unpaired) electrons. The Morgan fingerprint density at radius 2 is 1.79 bits per heavy atom. The fourth-order valence-corrected chi connectivity index (χ4v) is 4.09. The summed E-state index contributed by atoms with van der Waals surface area (Å²) in [6.07, 6.45) is 0.996. The Bertz CT molecular complexity index is 1040. The second-order valence-corrected chi connectivity index (χ2v) is 8.71. The second-order valence-electron chi connectivity index (χ2n) is 6.41. The number of aryl methyl sites for hydroxylation is 2. The summed E-state index contributed by atoms with van der Waals surface area (Å²) in [4.78, 5) is 23.2. The van der Waals surface area contributed by atoms with Crippen molar-refractivity contribution in [2.24, 2.45) is 0 Å². The van der Waals surface area contributed by atoms with Gasteiger partial charge in [0.2, 0.25) is 15.9 Å². The van der Waals surface area contributed by atoms with Crippen LogP contribution >= 0.6 is 11.6 Å². The summed E-state index contributed by atoms with van der Waals surface area (Å²) < 4.78 is 25.8. The summed E-state index contributed by atoms with van der Waals surface area (Å²) in [6.45, 7) is 4.82. The van der Waals surface area contributed by atoms with Crippen LogP contribution in [0, 0.1) is 24.0 Å². The first-order valence-corrected chi connectivity index (χ1v) is 10.5. The Hall–Kier alpha value is -2.65. The molecule has 0 aliphatic rings. The van der Waals surface area contributed by atoms with Gasteiger partial charge >= 0.3 is 0 Å². The number of nitro groups is 1. The summed E-state index contributed by atoms with van der Waals surface area (Å²) in [6, 6.07) is 7.70. The van der Waals surface area contributed by atoms with E-state index in [1.807, 2.05) is 0 Å². The van der Waals surface area contributed by atoms with Crippen molar-refractivity contribution < 1.29 is 18.1 Å². The van der Waals surface area contributed by atoms with Gasteiger partial charge in [-0.2, -0.15) is 0 Å². The third-order valence-corrected chi connectivity index (χ3v) is 5.65. The Balaban J connectivity index is 2.42. The van der Waals surface area contributed by atoms with E-state index in [1.54, 1.807) is 26.0 Å². The summed E-state index contributed by atoms with van der Waals surface area (Å²) >= 11 is 6.01. The Morgan fingerprint density at radius 1 is 1.18 bits per heavy atom. The predicted octanol–water partition coefficient (Wildman–Crippen LogP) is 3.66. The summed E-state index contributed by atoms with van der Waals surface area (Å²) in [5, 5.41) is 13.9. The van der Waals surface area contributed by atoms with Crippen molar-refractivity contribution in [3.05, 3.63) is 62.7 Å². The molecule has 2 aromatic carbocycles. The van der Waals surface area contributed by atoms with Gasteiger partial charge in [0.1, 0.15) is 6.04 Å². The van der Waals surface area contributed by atoms with Crippen molar-refractivity contribution in [3.63, 3.8) is 0 Å². The molecule has 0 saturated carbocycles. The van der Waals surface area contributed by atoms with Crippen LogP contribution in [0.25, 0.3) is 0 Å². The molecule has 2 rings (SSSR count). The van der Waals surface area contributed by atoms with Gasteiger partial charge in [0.05, 0.1) is 22.6 Å². The lowest BCUT2D eigenvalue weighted by molar-refractivity contribution is -0.384. The molecular formula is C18H20ClN3O5S. The number of halogens is 1. The van der Waals surface area contributed by atoms with Crippen molar-refractivity contribution in [1.82, 2.24) is 0 Å². The molecule has 2 aromatic rings. The average molecular weight is 426 g/mol. The lowest BCUT2D eigenvalue weighted by Gasteiger charge is -2.29. The van der Waals surface area contributed by atoms with E-state index in [4.69, 9.17) is 11.6 Å². The molecule has 10 heteroatoms. The number of anilines is 2. The number of hydrogen-bond donors (Lipinski definition) is 1. The van der Waals surface area contributed by atoms with E-state index in [9.17, 15) is 23.3 Å². The standard InChI is InChI=1S/C18H20ClN3O5S/c1-11-6-8-15(22(24)25)10-16(11)20-18(23)13(3)21(28(4,26)27)17-9-14(19)7-5-12(17)2/h5-10,13H,1-4H3,(H,20,23). The van der Waals surface area contributed by atoms with Crippen molar-refractivity contribution in [3.8, 4) is 0 Å². The first-order chi connectivity index (χ1) is 12.9. The molecule has 0 saturated heterocycles. The molecule has 8 nitrogen and oxygen atoms in total. The number of hydrogen-bond acceptors (Lipinski definition) is 5. The number of amides is 1. The maximum atomic E-state index is 12.8. The Kier molecular flexibility index (Phi) is 6.30. The lowest BCUT2D eigenvalue weighted by Crippen LogP contribution is -2.45. The number of rotatable bonds is 6. The molecule has 150 valence electrons. The fraction of sp³-hybridized carbons (Fsp3) is 0.278. The van der Waals surface area contributed by atoms with E-state index >= 15 is 0 Å². The van der Waals surface area contributed by atoms with Crippen molar-refractivity contribution in [2.45, 2.75) is 26.8 Å². The van der Waals surface area contributed by atoms with Crippen LogP contribution in [0.1, 0.15) is 18.1 Å². The van der Waals surface area contributed by atoms with E-state index in [0.29, 0.717) is 16.1 Å². The average Bonchev–Trinajstić information content (AvgIpc) is 2.58. The van der Waals surface area contributed by atoms with Crippen LogP contribution in [0.2, 0.25) is 5.02 Å². The number of nitro benzene ring substituents is 1. The number of nitrogens with one attached hydrogen (secondary N) is 1. The topological polar surface area (TPSA) is 110 Å². The van der Waals surface area contributed by atoms with Gasteiger partial charge in [0.15, 0.2) is 0 Å². The van der Waals surface area contributed by atoms with Crippen LogP contribution in [-0.2, 0) is 14.8 Å². The van der Waals surface area contributed by atoms with Crippen LogP contribution in [0.5, 0.6) is 0 Å². The molecular weight excluding hydrogens is 406 g/mol. The largest absolute Gasteiger partial charge is 0.324 e. The number of nitrogens with zero attached hydrogens (tertiary/aromatic N) is 2. The normalized spacial score (nSPS) is 12.3. The predicted molar refractivity (Wildman–Crippen MR) is 109 cm³/mol. The van der Waals surface area contributed by atoms with Gasteiger partial charge in [-0.3, -0.25) is 19.2 Å². The molecule has 0 spiro atoms. The van der Waals surface area contributed by atoms with Gasteiger partial charge in [-0.05, 0) is 44.0 Å².